The molecule has 1 amide bonds. The number of nitrogens with zero attached hydrogens (tertiary/aromatic N) is 1. The zero-order valence-electron chi connectivity index (χ0n) is 14.3. The van der Waals surface area contributed by atoms with Crippen LogP contribution in [0.15, 0.2) is 42.6 Å². The predicted octanol–water partition coefficient (Wildman–Crippen LogP) is 4.44. The van der Waals surface area contributed by atoms with Crippen LogP contribution in [-0.4, -0.2) is 16.9 Å². The molecular weight excluding hydrogens is 336 g/mol. The van der Waals surface area contributed by atoms with Crippen LogP contribution in [0.3, 0.4) is 0 Å². The Hall–Kier alpha value is -2.77. The lowest BCUT2D eigenvalue weighted by atomic mass is 10.2. The van der Waals surface area contributed by atoms with Crippen molar-refractivity contribution in [3.8, 4) is 23.5 Å². The van der Waals surface area contributed by atoms with Crippen molar-refractivity contribution in [3.63, 3.8) is 0 Å². The molecule has 0 bridgehead atoms. The van der Waals surface area contributed by atoms with Crippen LogP contribution < -0.4 is 10.1 Å². The monoisotopic (exact) mass is 354 g/mol. The number of nitrogens with one attached hydrogen (secondary N) is 1. The Balaban J connectivity index is 2.04. The smallest absolute Gasteiger partial charge is 0.219 e. The number of hydrogen-bond acceptors (Lipinski definition) is 3. The van der Waals surface area contributed by atoms with Crippen molar-refractivity contribution in [3.05, 3.63) is 58.8 Å². The summed E-state index contributed by atoms with van der Waals surface area (Å²) in [6, 6.07) is 8.97. The van der Waals surface area contributed by atoms with Crippen molar-refractivity contribution < 1.29 is 9.53 Å². The minimum absolute atomic E-state index is 0.0445. The second-order valence-corrected chi connectivity index (χ2v) is 5.81. The maximum atomic E-state index is 11.0. The van der Waals surface area contributed by atoms with Crippen molar-refractivity contribution >= 4 is 23.6 Å². The van der Waals surface area contributed by atoms with Crippen molar-refractivity contribution in [1.82, 2.24) is 10.3 Å². The largest absolute Gasteiger partial charge is 0.437 e. The number of benzene rings is 1. The average Bonchev–Trinajstić information content (AvgIpc) is 2.56. The van der Waals surface area contributed by atoms with E-state index in [2.05, 4.69) is 22.1 Å². The van der Waals surface area contributed by atoms with Crippen LogP contribution in [0.25, 0.3) is 6.08 Å². The van der Waals surface area contributed by atoms with Gasteiger partial charge in [-0.25, -0.2) is 4.98 Å². The van der Waals surface area contributed by atoms with E-state index in [0.29, 0.717) is 16.7 Å². The highest BCUT2D eigenvalue weighted by Crippen LogP contribution is 2.29. The Morgan fingerprint density at radius 2 is 2.16 bits per heavy atom. The molecule has 0 saturated heterocycles. The van der Waals surface area contributed by atoms with Crippen LogP contribution in [0.1, 0.15) is 31.9 Å². The first-order valence-corrected chi connectivity index (χ1v) is 8.17. The lowest BCUT2D eigenvalue weighted by molar-refractivity contribution is -0.119. The predicted molar refractivity (Wildman–Crippen MR) is 101 cm³/mol. The summed E-state index contributed by atoms with van der Waals surface area (Å²) in [5.41, 5.74) is 1.74. The highest BCUT2D eigenvalue weighted by atomic mass is 35.5. The molecule has 1 atom stereocenters. The van der Waals surface area contributed by atoms with Crippen LogP contribution in [0.2, 0.25) is 5.02 Å². The molecule has 128 valence electrons. The molecule has 25 heavy (non-hydrogen) atoms. The maximum Gasteiger partial charge on any atom is 0.219 e. The highest BCUT2D eigenvalue weighted by Gasteiger charge is 2.05. The molecule has 1 aromatic carbocycles. The first-order valence-electron chi connectivity index (χ1n) is 7.79. The number of halogens is 1. The third kappa shape index (κ3) is 5.98. The minimum atomic E-state index is -0.0631. The van der Waals surface area contributed by atoms with E-state index in [9.17, 15) is 4.79 Å². The van der Waals surface area contributed by atoms with Gasteiger partial charge in [0.15, 0.2) is 0 Å². The van der Waals surface area contributed by atoms with Gasteiger partial charge in [0.05, 0.1) is 5.02 Å². The number of hydrogen-bond donors (Lipinski definition) is 1. The fraction of sp³-hybridized carbons (Fsp3) is 0.200. The number of carbonyl (C=O) groups excluding carboxylic acids is 1. The quantitative estimate of drug-likeness (QED) is 0.808. The maximum absolute atomic E-state index is 11.0. The van der Waals surface area contributed by atoms with Gasteiger partial charge in [-0.15, -0.1) is 5.92 Å². The summed E-state index contributed by atoms with van der Waals surface area (Å²) in [6.07, 6.45) is 5.48. The molecule has 0 spiro atoms. The van der Waals surface area contributed by atoms with Gasteiger partial charge in [0.2, 0.25) is 11.8 Å². The van der Waals surface area contributed by atoms with E-state index < -0.39 is 0 Å². The Kier molecular flexibility index (Phi) is 6.62. The standard InChI is InChI=1S/C20H19ClN2O2/c1-4-5-16-8-10-19(18(21)12-16)25-20-11-9-17(13-22-20)7-6-14(2)23-15(3)24/h6-14H,1-3H3,(H,23,24)/t14-/m0/s1. The summed E-state index contributed by atoms with van der Waals surface area (Å²) in [4.78, 5) is 15.2. The molecule has 0 aliphatic rings. The summed E-state index contributed by atoms with van der Waals surface area (Å²) < 4.78 is 5.70. The molecule has 2 rings (SSSR count). The molecule has 1 N–H and O–H groups in total. The second-order valence-electron chi connectivity index (χ2n) is 5.40. The van der Waals surface area contributed by atoms with Crippen molar-refractivity contribution in [2.24, 2.45) is 0 Å². The zero-order valence-corrected chi connectivity index (χ0v) is 15.1. The van der Waals surface area contributed by atoms with Gasteiger partial charge in [-0.2, -0.15) is 0 Å². The van der Waals surface area contributed by atoms with Crippen molar-refractivity contribution in [2.75, 3.05) is 0 Å². The Labute approximate surface area is 152 Å². The molecule has 0 fully saturated rings. The van der Waals surface area contributed by atoms with E-state index >= 15 is 0 Å². The molecule has 0 radical (unpaired) electrons. The Morgan fingerprint density at radius 3 is 2.76 bits per heavy atom. The summed E-state index contributed by atoms with van der Waals surface area (Å²) >= 11 is 6.21. The fourth-order valence-corrected chi connectivity index (χ4v) is 2.31. The van der Waals surface area contributed by atoms with Gasteiger partial charge >= 0.3 is 0 Å². The zero-order chi connectivity index (χ0) is 18.2. The third-order valence-corrected chi connectivity index (χ3v) is 3.48. The molecule has 1 heterocycles. The molecule has 0 aliphatic carbocycles. The summed E-state index contributed by atoms with van der Waals surface area (Å²) in [5.74, 6) is 6.68. The van der Waals surface area contributed by atoms with Gasteiger partial charge in [0.25, 0.3) is 0 Å². The van der Waals surface area contributed by atoms with E-state index in [0.717, 1.165) is 11.1 Å². The van der Waals surface area contributed by atoms with Crippen LogP contribution >= 0.6 is 11.6 Å². The van der Waals surface area contributed by atoms with Crippen molar-refractivity contribution in [2.45, 2.75) is 26.8 Å². The van der Waals surface area contributed by atoms with E-state index in [1.54, 1.807) is 31.3 Å². The van der Waals surface area contributed by atoms with Gasteiger partial charge in [0.1, 0.15) is 5.75 Å². The Bertz CT molecular complexity index is 833. The van der Waals surface area contributed by atoms with Gasteiger partial charge < -0.3 is 10.1 Å². The molecular formula is C20H19ClN2O2. The summed E-state index contributed by atoms with van der Waals surface area (Å²) in [5, 5.41) is 3.26. The van der Waals surface area contributed by atoms with Crippen LogP contribution in [0.5, 0.6) is 11.6 Å². The molecule has 2 aromatic rings. The SMILES string of the molecule is CC#Cc1ccc(Oc2ccc(C=C[C@H](C)NC(C)=O)cn2)c(Cl)c1. The normalized spacial score (nSPS) is 11.5. The number of carbonyl (C=O) groups is 1. The van der Waals surface area contributed by atoms with E-state index in [1.807, 2.05) is 31.2 Å². The topological polar surface area (TPSA) is 51.2 Å². The number of aromatic nitrogens is 1. The lowest BCUT2D eigenvalue weighted by Crippen LogP contribution is -2.28. The van der Waals surface area contributed by atoms with Gasteiger partial charge in [-0.1, -0.05) is 29.7 Å². The first-order chi connectivity index (χ1) is 12.0. The molecule has 1 aromatic heterocycles. The lowest BCUT2D eigenvalue weighted by Gasteiger charge is -2.08. The average molecular weight is 355 g/mol. The van der Waals surface area contributed by atoms with Crippen LogP contribution in [-0.2, 0) is 4.79 Å². The fourth-order valence-electron chi connectivity index (χ4n) is 2.09. The van der Waals surface area contributed by atoms with E-state index in [1.165, 1.54) is 6.92 Å². The van der Waals surface area contributed by atoms with Gasteiger partial charge in [-0.3, -0.25) is 4.79 Å². The molecule has 0 unspecified atom stereocenters. The Morgan fingerprint density at radius 1 is 1.36 bits per heavy atom. The molecule has 4 nitrogen and oxygen atoms in total. The molecule has 0 aliphatic heterocycles. The number of ether oxygens (including phenoxy) is 1. The summed E-state index contributed by atoms with van der Waals surface area (Å²) in [7, 11) is 0. The molecule has 0 saturated carbocycles. The van der Waals surface area contributed by atoms with Crippen LogP contribution in [0, 0.1) is 11.8 Å². The summed E-state index contributed by atoms with van der Waals surface area (Å²) in [6.45, 7) is 5.16. The number of amides is 1. The van der Waals surface area contributed by atoms with E-state index in [-0.39, 0.29) is 11.9 Å². The van der Waals surface area contributed by atoms with Crippen molar-refractivity contribution in [1.29, 1.82) is 0 Å². The third-order valence-electron chi connectivity index (χ3n) is 3.18. The van der Waals surface area contributed by atoms with Gasteiger partial charge in [-0.05, 0) is 43.7 Å². The van der Waals surface area contributed by atoms with Crippen LogP contribution in [0.4, 0.5) is 0 Å². The van der Waals surface area contributed by atoms with Gasteiger partial charge in [0, 0.05) is 30.8 Å². The highest BCUT2D eigenvalue weighted by molar-refractivity contribution is 6.32. The minimum Gasteiger partial charge on any atom is -0.437 e. The molecule has 5 heteroatoms. The van der Waals surface area contributed by atoms with E-state index in [4.69, 9.17) is 16.3 Å². The number of pyridine rings is 1. The first kappa shape index (κ1) is 18.6. The number of rotatable bonds is 5. The second kappa shape index (κ2) is 8.91.